The molecule has 0 spiro atoms. The first-order valence-corrected chi connectivity index (χ1v) is 13.2. The van der Waals surface area contributed by atoms with Gasteiger partial charge in [0.2, 0.25) is 0 Å². The van der Waals surface area contributed by atoms with E-state index in [1.807, 2.05) is 0 Å². The van der Waals surface area contributed by atoms with E-state index in [1.54, 1.807) is 14.2 Å². The molecule has 2 atom stereocenters. The highest BCUT2D eigenvalue weighted by Crippen LogP contribution is 2.48. The van der Waals surface area contributed by atoms with Crippen LogP contribution in [0.1, 0.15) is 44.1 Å². The van der Waals surface area contributed by atoms with Gasteiger partial charge < -0.3 is 13.9 Å². The van der Waals surface area contributed by atoms with Crippen LogP contribution in [0.5, 0.6) is 0 Å². The van der Waals surface area contributed by atoms with Crippen molar-refractivity contribution in [2.45, 2.75) is 70.1 Å². The van der Waals surface area contributed by atoms with E-state index in [9.17, 15) is 0 Å². The average molecular weight is 377 g/mol. The Morgan fingerprint density at radius 1 is 1.15 bits per heavy atom. The molecule has 1 saturated carbocycles. The first kappa shape index (κ1) is 21.4. The number of ether oxygens (including phenoxy) is 2. The Kier molecular flexibility index (Phi) is 7.65. The molecule has 1 aliphatic carbocycles. The second kappa shape index (κ2) is 9.31. The summed E-state index contributed by atoms with van der Waals surface area (Å²) in [5, 5.41) is 0. The highest BCUT2D eigenvalue weighted by Gasteiger charge is 2.46. The maximum absolute atomic E-state index is 6.95. The third-order valence-electron chi connectivity index (χ3n) is 5.41. The molecular weight excluding hydrogens is 340 g/mol. The van der Waals surface area contributed by atoms with Crippen LogP contribution in [0.25, 0.3) is 5.57 Å². The molecule has 26 heavy (non-hydrogen) atoms. The van der Waals surface area contributed by atoms with Gasteiger partial charge in [-0.2, -0.15) is 0 Å². The molecule has 0 saturated heterocycles. The Morgan fingerprint density at radius 3 is 2.38 bits per heavy atom. The van der Waals surface area contributed by atoms with Crippen molar-refractivity contribution in [2.24, 2.45) is 5.92 Å². The molecule has 1 fully saturated rings. The van der Waals surface area contributed by atoms with Crippen molar-refractivity contribution in [1.29, 1.82) is 0 Å². The number of methoxy groups -OCH3 is 2. The van der Waals surface area contributed by atoms with Gasteiger partial charge in [0.05, 0.1) is 5.60 Å². The van der Waals surface area contributed by atoms with Crippen molar-refractivity contribution in [3.05, 3.63) is 42.5 Å². The second-order valence-corrected chi connectivity index (χ2v) is 12.8. The molecule has 0 unspecified atom stereocenters. The molecular formula is C22H36O3Si. The largest absolute Gasteiger partial charge is 0.408 e. The van der Waals surface area contributed by atoms with Crippen LogP contribution >= 0.6 is 0 Å². The molecule has 0 N–H and O–H groups in total. The quantitative estimate of drug-likeness (QED) is 0.398. The lowest BCUT2D eigenvalue weighted by atomic mass is 9.68. The normalized spacial score (nSPS) is 24.0. The Balaban J connectivity index is 2.34. The summed E-state index contributed by atoms with van der Waals surface area (Å²) in [6, 6.07) is 10.6. The van der Waals surface area contributed by atoms with Gasteiger partial charge in [-0.05, 0) is 62.4 Å². The molecule has 0 bridgehead atoms. The van der Waals surface area contributed by atoms with Gasteiger partial charge in [-0.1, -0.05) is 49.8 Å². The summed E-state index contributed by atoms with van der Waals surface area (Å²) in [7, 11) is 1.67. The van der Waals surface area contributed by atoms with Crippen LogP contribution < -0.4 is 0 Å². The number of hydrogen-bond acceptors (Lipinski definition) is 3. The minimum absolute atomic E-state index is 0.147. The fraction of sp³-hybridized carbons (Fsp3) is 0.636. The smallest absolute Gasteiger partial charge is 0.184 e. The van der Waals surface area contributed by atoms with E-state index in [1.165, 1.54) is 24.8 Å². The van der Waals surface area contributed by atoms with E-state index in [4.69, 9.17) is 13.9 Å². The van der Waals surface area contributed by atoms with E-state index in [0.29, 0.717) is 5.92 Å². The fourth-order valence-electron chi connectivity index (χ4n) is 4.29. The summed E-state index contributed by atoms with van der Waals surface area (Å²) in [6.45, 7) is 11.4. The Morgan fingerprint density at radius 2 is 1.81 bits per heavy atom. The maximum Gasteiger partial charge on any atom is 0.184 e. The Hall–Kier alpha value is -0.943. The monoisotopic (exact) mass is 376 g/mol. The van der Waals surface area contributed by atoms with Gasteiger partial charge in [0, 0.05) is 14.2 Å². The van der Waals surface area contributed by atoms with E-state index >= 15 is 0 Å². The molecule has 146 valence electrons. The number of rotatable bonds is 9. The predicted octanol–water partition coefficient (Wildman–Crippen LogP) is 5.88. The Bertz CT molecular complexity index is 563. The van der Waals surface area contributed by atoms with Gasteiger partial charge in [0.1, 0.15) is 0 Å². The summed E-state index contributed by atoms with van der Waals surface area (Å²) in [5.41, 5.74) is 2.08. The maximum atomic E-state index is 6.95. The molecule has 0 aliphatic heterocycles. The molecule has 1 aromatic rings. The topological polar surface area (TPSA) is 27.7 Å². The van der Waals surface area contributed by atoms with Crippen molar-refractivity contribution >= 4 is 13.9 Å². The number of benzene rings is 1. The van der Waals surface area contributed by atoms with Crippen LogP contribution in [0.4, 0.5) is 0 Å². The van der Waals surface area contributed by atoms with Crippen LogP contribution in [-0.4, -0.2) is 34.4 Å². The van der Waals surface area contributed by atoms with Crippen LogP contribution in [0, 0.1) is 5.92 Å². The van der Waals surface area contributed by atoms with Crippen LogP contribution in [0.3, 0.4) is 0 Å². The van der Waals surface area contributed by atoms with Crippen molar-refractivity contribution in [1.82, 2.24) is 0 Å². The number of hydrogen-bond donors (Lipinski definition) is 0. The molecule has 2 rings (SSSR count). The van der Waals surface area contributed by atoms with Crippen molar-refractivity contribution < 1.29 is 13.9 Å². The molecule has 0 radical (unpaired) electrons. The van der Waals surface area contributed by atoms with Gasteiger partial charge in [-0.25, -0.2) is 0 Å². The van der Waals surface area contributed by atoms with Crippen LogP contribution in [-0.2, 0) is 13.9 Å². The highest BCUT2D eigenvalue weighted by molar-refractivity contribution is 6.69. The third kappa shape index (κ3) is 5.29. The van der Waals surface area contributed by atoms with Gasteiger partial charge in [-0.3, -0.25) is 0 Å². The Labute approximate surface area is 160 Å². The lowest BCUT2D eigenvalue weighted by Crippen LogP contribution is -2.50. The molecule has 0 aromatic heterocycles. The highest BCUT2D eigenvalue weighted by atomic mass is 28.4. The first-order chi connectivity index (χ1) is 12.3. The van der Waals surface area contributed by atoms with Crippen LogP contribution in [0.15, 0.2) is 36.9 Å². The zero-order valence-corrected chi connectivity index (χ0v) is 18.2. The lowest BCUT2D eigenvalue weighted by molar-refractivity contribution is -0.113. The van der Waals surface area contributed by atoms with Crippen molar-refractivity contribution in [3.63, 3.8) is 0 Å². The van der Waals surface area contributed by atoms with E-state index < -0.39 is 8.32 Å². The minimum Gasteiger partial charge on any atom is -0.408 e. The van der Waals surface area contributed by atoms with Gasteiger partial charge >= 0.3 is 0 Å². The van der Waals surface area contributed by atoms with E-state index in [-0.39, 0.29) is 11.9 Å². The molecule has 0 amide bonds. The van der Waals surface area contributed by atoms with E-state index in [0.717, 1.165) is 24.8 Å². The lowest BCUT2D eigenvalue weighted by Gasteiger charge is -2.49. The molecule has 3 nitrogen and oxygen atoms in total. The zero-order chi connectivity index (χ0) is 19.2. The summed E-state index contributed by atoms with van der Waals surface area (Å²) >= 11 is 0. The standard InChI is InChI=1S/C22H36O3Si/c1-18(19-12-8-7-9-13-19)22(25-26(4,5)6)17-11-10-14-20(22)15-16-21(23-2)24-3/h7-9,12-13,20-21H,1,10-11,14-17H2,2-6H3/t20-,22+/m0/s1. The fourth-order valence-corrected chi connectivity index (χ4v) is 5.77. The van der Waals surface area contributed by atoms with Crippen molar-refractivity contribution in [3.8, 4) is 0 Å². The minimum atomic E-state index is -1.75. The summed E-state index contributed by atoms with van der Waals surface area (Å²) in [4.78, 5) is 0. The molecule has 1 aliphatic rings. The van der Waals surface area contributed by atoms with E-state index in [2.05, 4.69) is 56.6 Å². The predicted molar refractivity (Wildman–Crippen MR) is 112 cm³/mol. The van der Waals surface area contributed by atoms with Crippen LogP contribution in [0.2, 0.25) is 19.6 Å². The van der Waals surface area contributed by atoms with Crippen molar-refractivity contribution in [2.75, 3.05) is 14.2 Å². The SMILES string of the molecule is C=C(c1ccccc1)[C@]1(O[Si](C)(C)C)CCCC[C@H]1CCC(OC)OC. The summed E-state index contributed by atoms with van der Waals surface area (Å²) < 4.78 is 17.8. The summed E-state index contributed by atoms with van der Waals surface area (Å²) in [6.07, 6.45) is 6.46. The third-order valence-corrected chi connectivity index (χ3v) is 6.38. The molecule has 0 heterocycles. The molecule has 1 aromatic carbocycles. The first-order valence-electron chi connectivity index (χ1n) is 9.83. The second-order valence-electron chi connectivity index (χ2n) is 8.37. The van der Waals surface area contributed by atoms with Gasteiger partial charge in [-0.15, -0.1) is 0 Å². The molecule has 4 heteroatoms. The average Bonchev–Trinajstić information content (AvgIpc) is 2.62. The van der Waals surface area contributed by atoms with Gasteiger partial charge in [0.25, 0.3) is 0 Å². The zero-order valence-electron chi connectivity index (χ0n) is 17.2. The summed E-state index contributed by atoms with van der Waals surface area (Å²) in [5.74, 6) is 0.448. The van der Waals surface area contributed by atoms with Gasteiger partial charge in [0.15, 0.2) is 14.6 Å².